The van der Waals surface area contributed by atoms with Gasteiger partial charge in [0, 0.05) is 6.42 Å². The Morgan fingerprint density at radius 1 is 0.862 bits per heavy atom. The van der Waals surface area contributed by atoms with E-state index >= 15 is 0 Å². The van der Waals surface area contributed by atoms with E-state index in [1.54, 1.807) is 18.2 Å². The first-order valence-corrected chi connectivity index (χ1v) is 9.83. The molecular weight excluding hydrogens is 360 g/mol. The molecule has 0 saturated carbocycles. The van der Waals surface area contributed by atoms with Crippen LogP contribution in [0.5, 0.6) is 0 Å². The molecule has 0 aromatic heterocycles. The van der Waals surface area contributed by atoms with E-state index in [1.165, 1.54) is 5.56 Å². The van der Waals surface area contributed by atoms with Gasteiger partial charge in [-0.05, 0) is 43.5 Å². The molecule has 0 unspecified atom stereocenters. The number of hydrogen-bond donors (Lipinski definition) is 2. The Kier molecular flexibility index (Phi) is 6.80. The van der Waals surface area contributed by atoms with Crippen LogP contribution < -0.4 is 10.6 Å². The molecular formula is C25H26N2O2. The summed E-state index contributed by atoms with van der Waals surface area (Å²) in [5.74, 6) is -0.322. The second kappa shape index (κ2) is 9.69. The molecule has 0 saturated heterocycles. The van der Waals surface area contributed by atoms with Crippen molar-refractivity contribution in [1.82, 2.24) is 5.32 Å². The summed E-state index contributed by atoms with van der Waals surface area (Å²) in [5, 5.41) is 5.89. The van der Waals surface area contributed by atoms with Gasteiger partial charge in [-0.25, -0.2) is 0 Å². The van der Waals surface area contributed by atoms with Crippen molar-refractivity contribution in [3.8, 4) is 0 Å². The van der Waals surface area contributed by atoms with Crippen LogP contribution in [0, 0.1) is 6.92 Å². The third-order valence-electron chi connectivity index (χ3n) is 4.85. The SMILES string of the molecule is Cc1ccc(CCC(=O)Nc2ccccc2C(=O)N[C@H](C)c2ccccc2)cc1. The maximum Gasteiger partial charge on any atom is 0.253 e. The minimum absolute atomic E-state index is 0.109. The van der Waals surface area contributed by atoms with E-state index in [-0.39, 0.29) is 17.9 Å². The summed E-state index contributed by atoms with van der Waals surface area (Å²) in [5.41, 5.74) is 4.33. The van der Waals surface area contributed by atoms with Gasteiger partial charge in [0.05, 0.1) is 17.3 Å². The second-order valence-corrected chi connectivity index (χ2v) is 7.19. The molecule has 29 heavy (non-hydrogen) atoms. The van der Waals surface area contributed by atoms with Crippen molar-refractivity contribution in [2.24, 2.45) is 0 Å². The van der Waals surface area contributed by atoms with Gasteiger partial charge in [-0.1, -0.05) is 72.3 Å². The number of aryl methyl sites for hydroxylation is 2. The average Bonchev–Trinajstić information content (AvgIpc) is 2.74. The maximum atomic E-state index is 12.8. The van der Waals surface area contributed by atoms with Crippen LogP contribution in [-0.4, -0.2) is 11.8 Å². The van der Waals surface area contributed by atoms with E-state index in [0.717, 1.165) is 11.1 Å². The number of carbonyl (C=O) groups excluding carboxylic acids is 2. The van der Waals surface area contributed by atoms with E-state index in [4.69, 9.17) is 0 Å². The van der Waals surface area contributed by atoms with Crippen LogP contribution in [0.15, 0.2) is 78.9 Å². The molecule has 4 nitrogen and oxygen atoms in total. The van der Waals surface area contributed by atoms with Crippen LogP contribution in [0.1, 0.15) is 46.4 Å². The summed E-state index contributed by atoms with van der Waals surface area (Å²) < 4.78 is 0. The highest BCUT2D eigenvalue weighted by atomic mass is 16.2. The molecule has 0 bridgehead atoms. The highest BCUT2D eigenvalue weighted by Crippen LogP contribution is 2.18. The van der Waals surface area contributed by atoms with Gasteiger partial charge in [-0.15, -0.1) is 0 Å². The van der Waals surface area contributed by atoms with Crippen LogP contribution in [-0.2, 0) is 11.2 Å². The van der Waals surface area contributed by atoms with E-state index in [0.29, 0.717) is 24.1 Å². The molecule has 3 aromatic rings. The first-order valence-electron chi connectivity index (χ1n) is 9.83. The first-order chi connectivity index (χ1) is 14.0. The minimum Gasteiger partial charge on any atom is -0.345 e. The van der Waals surface area contributed by atoms with Crippen molar-refractivity contribution in [2.75, 3.05) is 5.32 Å². The Balaban J connectivity index is 1.62. The van der Waals surface area contributed by atoms with Gasteiger partial charge in [0.25, 0.3) is 5.91 Å². The molecule has 1 atom stereocenters. The van der Waals surface area contributed by atoms with Gasteiger partial charge in [-0.3, -0.25) is 9.59 Å². The number of carbonyl (C=O) groups is 2. The summed E-state index contributed by atoms with van der Waals surface area (Å²) in [6.07, 6.45) is 1.02. The fourth-order valence-corrected chi connectivity index (χ4v) is 3.11. The first kappa shape index (κ1) is 20.3. The summed E-state index contributed by atoms with van der Waals surface area (Å²) >= 11 is 0. The number of benzene rings is 3. The van der Waals surface area contributed by atoms with E-state index in [2.05, 4.69) is 10.6 Å². The predicted molar refractivity (Wildman–Crippen MR) is 117 cm³/mol. The molecule has 0 radical (unpaired) electrons. The van der Waals surface area contributed by atoms with Crippen molar-refractivity contribution in [3.63, 3.8) is 0 Å². The quantitative estimate of drug-likeness (QED) is 0.596. The average molecular weight is 386 g/mol. The number of rotatable bonds is 7. The zero-order chi connectivity index (χ0) is 20.6. The standard InChI is InChI=1S/C25H26N2O2/c1-18-12-14-20(15-13-18)16-17-24(28)27-23-11-7-6-10-22(23)25(29)26-19(2)21-8-4-3-5-9-21/h3-15,19H,16-17H2,1-2H3,(H,26,29)(H,27,28)/t19-/m1/s1. The third kappa shape index (κ3) is 5.79. The van der Waals surface area contributed by atoms with Crippen LogP contribution in [0.3, 0.4) is 0 Å². The smallest absolute Gasteiger partial charge is 0.253 e. The van der Waals surface area contributed by atoms with E-state index in [9.17, 15) is 9.59 Å². The molecule has 148 valence electrons. The lowest BCUT2D eigenvalue weighted by Gasteiger charge is -2.16. The Labute approximate surface area is 172 Å². The molecule has 0 heterocycles. The number of amides is 2. The van der Waals surface area contributed by atoms with Crippen LogP contribution >= 0.6 is 0 Å². The van der Waals surface area contributed by atoms with Crippen molar-refractivity contribution >= 4 is 17.5 Å². The molecule has 2 N–H and O–H groups in total. The number of nitrogens with one attached hydrogen (secondary N) is 2. The lowest BCUT2D eigenvalue weighted by molar-refractivity contribution is -0.116. The maximum absolute atomic E-state index is 12.8. The summed E-state index contributed by atoms with van der Waals surface area (Å²) in [6, 6.07) is 24.9. The Morgan fingerprint density at radius 2 is 1.52 bits per heavy atom. The second-order valence-electron chi connectivity index (χ2n) is 7.19. The van der Waals surface area contributed by atoms with E-state index in [1.807, 2.05) is 74.5 Å². The molecule has 3 aromatic carbocycles. The molecule has 0 aliphatic carbocycles. The summed E-state index contributed by atoms with van der Waals surface area (Å²) in [6.45, 7) is 3.98. The molecule has 0 fully saturated rings. The Hall–Kier alpha value is -3.40. The monoisotopic (exact) mass is 386 g/mol. The summed E-state index contributed by atoms with van der Waals surface area (Å²) in [7, 11) is 0. The number of para-hydroxylation sites is 1. The van der Waals surface area contributed by atoms with Crippen molar-refractivity contribution in [1.29, 1.82) is 0 Å². The fourth-order valence-electron chi connectivity index (χ4n) is 3.11. The zero-order valence-corrected chi connectivity index (χ0v) is 16.8. The predicted octanol–water partition coefficient (Wildman–Crippen LogP) is 5.06. The fraction of sp³-hybridized carbons (Fsp3) is 0.200. The van der Waals surface area contributed by atoms with Gasteiger partial charge < -0.3 is 10.6 Å². The normalized spacial score (nSPS) is 11.5. The van der Waals surface area contributed by atoms with Crippen LogP contribution in [0.25, 0.3) is 0 Å². The molecule has 2 amide bonds. The van der Waals surface area contributed by atoms with E-state index < -0.39 is 0 Å². The van der Waals surface area contributed by atoms with Crippen molar-refractivity contribution in [2.45, 2.75) is 32.7 Å². The highest BCUT2D eigenvalue weighted by Gasteiger charge is 2.16. The Bertz CT molecular complexity index is 966. The third-order valence-corrected chi connectivity index (χ3v) is 4.85. The highest BCUT2D eigenvalue weighted by molar-refractivity contribution is 6.03. The topological polar surface area (TPSA) is 58.2 Å². The van der Waals surface area contributed by atoms with Gasteiger partial charge in [0.15, 0.2) is 0 Å². The van der Waals surface area contributed by atoms with Gasteiger partial charge >= 0.3 is 0 Å². The zero-order valence-electron chi connectivity index (χ0n) is 16.8. The molecule has 4 heteroatoms. The molecule has 0 aliphatic heterocycles. The lowest BCUT2D eigenvalue weighted by Crippen LogP contribution is -2.28. The largest absolute Gasteiger partial charge is 0.345 e. The number of hydrogen-bond acceptors (Lipinski definition) is 2. The van der Waals surface area contributed by atoms with Gasteiger partial charge in [0.2, 0.25) is 5.91 Å². The number of anilines is 1. The Morgan fingerprint density at radius 3 is 2.24 bits per heavy atom. The minimum atomic E-state index is -0.212. The summed E-state index contributed by atoms with van der Waals surface area (Å²) in [4.78, 5) is 25.2. The van der Waals surface area contributed by atoms with Gasteiger partial charge in [-0.2, -0.15) is 0 Å². The molecule has 0 aliphatic rings. The molecule has 0 spiro atoms. The van der Waals surface area contributed by atoms with Crippen molar-refractivity contribution < 1.29 is 9.59 Å². The van der Waals surface area contributed by atoms with Gasteiger partial charge in [0.1, 0.15) is 0 Å². The molecule has 3 rings (SSSR count). The van der Waals surface area contributed by atoms with Crippen LogP contribution in [0.4, 0.5) is 5.69 Å². The van der Waals surface area contributed by atoms with Crippen molar-refractivity contribution in [3.05, 3.63) is 101 Å². The lowest BCUT2D eigenvalue weighted by atomic mass is 10.1. The van der Waals surface area contributed by atoms with Crippen LogP contribution in [0.2, 0.25) is 0 Å².